The number of β-lactam (4-membered cyclic amide) rings is 1. The van der Waals surface area contributed by atoms with Crippen LogP contribution in [-0.2, 0) is 33.4 Å². The van der Waals surface area contributed by atoms with Gasteiger partial charge in [0.05, 0.1) is 6.61 Å². The molecule has 1 aromatic rings. The number of ether oxygens (including phenoxy) is 2. The first kappa shape index (κ1) is 29.3. The van der Waals surface area contributed by atoms with Crippen molar-refractivity contribution in [2.24, 2.45) is 0 Å². The zero-order valence-electron chi connectivity index (χ0n) is 21.7. The summed E-state index contributed by atoms with van der Waals surface area (Å²) in [5, 5.41) is 12.0. The number of fused-ring (bicyclic) bond motifs is 1. The van der Waals surface area contributed by atoms with Crippen molar-refractivity contribution in [3.63, 3.8) is 0 Å². The van der Waals surface area contributed by atoms with E-state index in [4.69, 9.17) is 9.47 Å². The van der Waals surface area contributed by atoms with E-state index >= 15 is 0 Å². The van der Waals surface area contributed by atoms with E-state index in [0.717, 1.165) is 32.1 Å². The highest BCUT2D eigenvalue weighted by Gasteiger charge is 2.54. The number of aliphatic carboxylic acids is 1. The number of hydrogen-bond acceptors (Lipinski definition) is 8. The summed E-state index contributed by atoms with van der Waals surface area (Å²) in [4.78, 5) is 61.9. The van der Waals surface area contributed by atoms with Gasteiger partial charge in [-0.25, -0.2) is 4.79 Å². The minimum absolute atomic E-state index is 0.177. The molecule has 38 heavy (non-hydrogen) atoms. The number of nitrogens with zero attached hydrogens (tertiary/aromatic N) is 2. The number of unbranched alkanes of at least 4 members (excludes halogenated alkanes) is 4. The zero-order chi connectivity index (χ0) is 27.7. The maximum Gasteiger partial charge on any atom is 0.352 e. The van der Waals surface area contributed by atoms with Gasteiger partial charge in [-0.2, -0.15) is 0 Å². The van der Waals surface area contributed by atoms with Crippen LogP contribution in [0.15, 0.2) is 35.8 Å². The summed E-state index contributed by atoms with van der Waals surface area (Å²) in [6.07, 6.45) is 8.92. The van der Waals surface area contributed by atoms with Gasteiger partial charge in [-0.3, -0.25) is 24.1 Å². The van der Waals surface area contributed by atoms with Crippen LogP contribution < -0.4 is 5.32 Å². The van der Waals surface area contributed by atoms with Crippen molar-refractivity contribution in [3.05, 3.63) is 35.8 Å². The maximum atomic E-state index is 13.3. The largest absolute Gasteiger partial charge is 0.477 e. The van der Waals surface area contributed by atoms with Gasteiger partial charge in [-0.15, -0.1) is 11.8 Å². The number of carboxylic acid groups (broad SMARTS) is 1. The van der Waals surface area contributed by atoms with Crippen LogP contribution in [0.4, 0.5) is 0 Å². The third-order valence-electron chi connectivity index (χ3n) is 6.45. The summed E-state index contributed by atoms with van der Waals surface area (Å²) in [6.45, 7) is 3.21. The number of hydrogen-bond donors (Lipinski definition) is 2. The van der Waals surface area contributed by atoms with Crippen molar-refractivity contribution in [3.8, 4) is 0 Å². The first-order valence-electron chi connectivity index (χ1n) is 12.9. The molecule has 2 aliphatic rings. The number of carbonyl (C=O) groups excluding carboxylic acids is 4. The average molecular weight is 550 g/mol. The van der Waals surface area contributed by atoms with Gasteiger partial charge < -0.3 is 24.5 Å². The lowest BCUT2D eigenvalue weighted by Gasteiger charge is -2.49. The van der Waals surface area contributed by atoms with Crippen molar-refractivity contribution in [1.82, 2.24) is 14.8 Å². The average Bonchev–Trinajstić information content (AvgIpc) is 3.41. The Bertz CT molecular complexity index is 1050. The normalized spacial score (nSPS) is 19.3. The Kier molecular flexibility index (Phi) is 10.8. The van der Waals surface area contributed by atoms with Crippen LogP contribution in [-0.4, -0.2) is 74.7 Å². The Balaban J connectivity index is 1.55. The quantitative estimate of drug-likeness (QED) is 0.192. The Morgan fingerprint density at radius 2 is 1.79 bits per heavy atom. The van der Waals surface area contributed by atoms with E-state index in [1.807, 2.05) is 16.7 Å². The lowest BCUT2D eigenvalue weighted by atomic mass is 10.0. The van der Waals surface area contributed by atoms with Crippen LogP contribution in [0.25, 0.3) is 0 Å². The van der Waals surface area contributed by atoms with Crippen LogP contribution in [0.2, 0.25) is 0 Å². The van der Waals surface area contributed by atoms with E-state index in [9.17, 15) is 29.1 Å². The molecule has 0 spiro atoms. The molecule has 3 heterocycles. The van der Waals surface area contributed by atoms with Gasteiger partial charge in [0.1, 0.15) is 29.8 Å². The summed E-state index contributed by atoms with van der Waals surface area (Å²) in [6, 6.07) is 2.32. The molecule has 11 nitrogen and oxygen atoms in total. The van der Waals surface area contributed by atoms with Crippen LogP contribution in [0, 0.1) is 0 Å². The molecule has 2 N–H and O–H groups in total. The molecule has 2 amide bonds. The predicted octanol–water partition coefficient (Wildman–Crippen LogP) is 2.62. The molecule has 2 aliphatic heterocycles. The van der Waals surface area contributed by atoms with E-state index in [2.05, 4.69) is 5.32 Å². The minimum Gasteiger partial charge on any atom is -0.477 e. The topological polar surface area (TPSA) is 144 Å². The molecule has 0 aromatic carbocycles. The van der Waals surface area contributed by atoms with E-state index < -0.39 is 35.3 Å². The molecule has 3 rings (SSSR count). The fourth-order valence-corrected chi connectivity index (χ4v) is 5.90. The van der Waals surface area contributed by atoms with Gasteiger partial charge in [-0.05, 0) is 31.9 Å². The maximum absolute atomic E-state index is 13.3. The van der Waals surface area contributed by atoms with Crippen molar-refractivity contribution in [2.45, 2.75) is 76.3 Å². The Morgan fingerprint density at radius 1 is 1.11 bits per heavy atom. The third kappa shape index (κ3) is 7.40. The number of aromatic nitrogens is 1. The summed E-state index contributed by atoms with van der Waals surface area (Å²) in [5.41, 5.74) is 0.162. The molecule has 208 valence electrons. The number of nitrogens with one attached hydrogen (secondary N) is 1. The van der Waals surface area contributed by atoms with Crippen molar-refractivity contribution in [2.75, 3.05) is 19.0 Å². The van der Waals surface area contributed by atoms with E-state index in [1.165, 1.54) is 23.6 Å². The molecular weight excluding hydrogens is 514 g/mol. The van der Waals surface area contributed by atoms with Gasteiger partial charge in [0.2, 0.25) is 5.91 Å². The standard InChI is InChI=1S/C26H35N3O8S/c1-3-36-20(31)12-8-6-4-5-7-11-19(28-13-9-10-14-28)23(32)27-21-24(33)29-22(26(34)35)18(15-37-17(2)30)16-38-25(21)29/h9-10,13-14,19,21,25H,3-8,11-12,15-16H2,1-2H3,(H,27,32)(H,34,35). The van der Waals surface area contributed by atoms with Crippen molar-refractivity contribution >= 4 is 41.5 Å². The van der Waals surface area contributed by atoms with Crippen LogP contribution in [0.1, 0.15) is 64.8 Å². The fraction of sp³-hybridized carbons (Fsp3) is 0.577. The fourth-order valence-electron chi connectivity index (χ4n) is 4.57. The van der Waals surface area contributed by atoms with Crippen LogP contribution >= 0.6 is 11.8 Å². The van der Waals surface area contributed by atoms with Crippen molar-refractivity contribution in [1.29, 1.82) is 0 Å². The van der Waals surface area contributed by atoms with Crippen molar-refractivity contribution < 1.29 is 38.6 Å². The molecule has 1 fully saturated rings. The molecular formula is C26H35N3O8S. The molecule has 0 aliphatic carbocycles. The van der Waals surface area contributed by atoms with Gasteiger partial charge in [0, 0.05) is 37.1 Å². The van der Waals surface area contributed by atoms with Gasteiger partial charge in [0.15, 0.2) is 0 Å². The van der Waals surface area contributed by atoms with E-state index in [1.54, 1.807) is 19.3 Å². The number of amides is 2. The Labute approximate surface area is 225 Å². The van der Waals surface area contributed by atoms with Gasteiger partial charge in [0.25, 0.3) is 5.91 Å². The summed E-state index contributed by atoms with van der Waals surface area (Å²) in [7, 11) is 0. The van der Waals surface area contributed by atoms with Crippen LogP contribution in [0.5, 0.6) is 0 Å². The van der Waals surface area contributed by atoms with E-state index in [0.29, 0.717) is 25.0 Å². The number of carboxylic acids is 1. The molecule has 3 unspecified atom stereocenters. The highest BCUT2D eigenvalue weighted by atomic mass is 32.2. The highest BCUT2D eigenvalue weighted by Crippen LogP contribution is 2.40. The first-order chi connectivity index (χ1) is 18.2. The smallest absolute Gasteiger partial charge is 0.352 e. The minimum atomic E-state index is -1.27. The first-order valence-corrected chi connectivity index (χ1v) is 13.9. The lowest BCUT2D eigenvalue weighted by molar-refractivity contribution is -0.151. The molecule has 0 radical (unpaired) electrons. The molecule has 1 aromatic heterocycles. The molecule has 12 heteroatoms. The Hall–Kier alpha value is -3.28. The molecule has 0 saturated carbocycles. The van der Waals surface area contributed by atoms with Gasteiger partial charge >= 0.3 is 17.9 Å². The summed E-state index contributed by atoms with van der Waals surface area (Å²) < 4.78 is 11.7. The summed E-state index contributed by atoms with van der Waals surface area (Å²) in [5.74, 6) is -2.52. The highest BCUT2D eigenvalue weighted by molar-refractivity contribution is 8.00. The lowest BCUT2D eigenvalue weighted by Crippen LogP contribution is -2.71. The second kappa shape index (κ2) is 14.0. The second-order valence-electron chi connectivity index (χ2n) is 9.19. The number of rotatable bonds is 15. The number of esters is 2. The number of thioether (sulfide) groups is 1. The SMILES string of the molecule is CCOC(=O)CCCCCCCC(C(=O)NC1C(=O)N2C(C(=O)O)=C(COC(C)=O)CSC12)n1cccc1. The van der Waals surface area contributed by atoms with E-state index in [-0.39, 0.29) is 29.9 Å². The Morgan fingerprint density at radius 3 is 2.45 bits per heavy atom. The molecule has 1 saturated heterocycles. The second-order valence-corrected chi connectivity index (χ2v) is 10.3. The number of carbonyl (C=O) groups is 5. The zero-order valence-corrected chi connectivity index (χ0v) is 22.5. The van der Waals surface area contributed by atoms with Gasteiger partial charge in [-0.1, -0.05) is 25.7 Å². The monoisotopic (exact) mass is 549 g/mol. The molecule has 3 atom stereocenters. The van der Waals surface area contributed by atoms with Crippen LogP contribution in [0.3, 0.4) is 0 Å². The summed E-state index contributed by atoms with van der Waals surface area (Å²) >= 11 is 1.33. The molecule has 0 bridgehead atoms. The third-order valence-corrected chi connectivity index (χ3v) is 7.79. The predicted molar refractivity (Wildman–Crippen MR) is 139 cm³/mol.